The Morgan fingerprint density at radius 1 is 1.24 bits per heavy atom. The number of anilines is 1. The van der Waals surface area contributed by atoms with Gasteiger partial charge in [-0.25, -0.2) is 4.98 Å². The third-order valence-corrected chi connectivity index (χ3v) is 4.89. The Bertz CT molecular complexity index is 1070. The fraction of sp³-hybridized carbons (Fsp3) is 0.389. The number of carbonyl (C=O) groups excluding carboxylic acids is 1. The highest BCUT2D eigenvalue weighted by Crippen LogP contribution is 2.34. The van der Waals surface area contributed by atoms with Crippen LogP contribution in [0.3, 0.4) is 0 Å². The first-order valence-electron chi connectivity index (χ1n) is 9.02. The summed E-state index contributed by atoms with van der Waals surface area (Å²) in [7, 11) is 0. The monoisotopic (exact) mass is 405 g/mol. The van der Waals surface area contributed by atoms with E-state index in [4.69, 9.17) is 0 Å². The molecule has 4 rings (SSSR count). The predicted molar refractivity (Wildman–Crippen MR) is 96.8 cm³/mol. The van der Waals surface area contributed by atoms with Gasteiger partial charge in [0, 0.05) is 24.2 Å². The van der Waals surface area contributed by atoms with Crippen molar-refractivity contribution in [2.75, 3.05) is 5.32 Å². The number of amides is 1. The molecular weight excluding hydrogens is 387 g/mol. The molecule has 0 radical (unpaired) electrons. The van der Waals surface area contributed by atoms with E-state index in [-0.39, 0.29) is 28.9 Å². The third kappa shape index (κ3) is 3.84. The molecule has 3 aromatic rings. The Labute approximate surface area is 163 Å². The van der Waals surface area contributed by atoms with Crippen molar-refractivity contribution in [2.45, 2.75) is 39.4 Å². The van der Waals surface area contributed by atoms with Crippen LogP contribution in [0.1, 0.15) is 29.5 Å². The molecule has 0 fully saturated rings. The van der Waals surface area contributed by atoms with Gasteiger partial charge in [0.25, 0.3) is 0 Å². The van der Waals surface area contributed by atoms with E-state index >= 15 is 0 Å². The van der Waals surface area contributed by atoms with Gasteiger partial charge < -0.3 is 9.88 Å². The molecular formula is C18H18F3N7O. The van der Waals surface area contributed by atoms with E-state index in [1.54, 1.807) is 13.8 Å². The molecule has 0 saturated carbocycles. The number of benzene rings is 1. The van der Waals surface area contributed by atoms with Gasteiger partial charge in [-0.15, -0.1) is 10.2 Å². The van der Waals surface area contributed by atoms with Crippen LogP contribution >= 0.6 is 0 Å². The summed E-state index contributed by atoms with van der Waals surface area (Å²) >= 11 is 0. The zero-order valence-electron chi connectivity index (χ0n) is 15.7. The molecule has 11 heteroatoms. The number of hydrogen-bond donors (Lipinski definition) is 2. The van der Waals surface area contributed by atoms with Crippen LogP contribution in [0.4, 0.5) is 18.9 Å². The fourth-order valence-electron chi connectivity index (χ4n) is 3.38. The van der Waals surface area contributed by atoms with Gasteiger partial charge in [0.15, 0.2) is 5.82 Å². The Morgan fingerprint density at radius 3 is 2.72 bits per heavy atom. The highest BCUT2D eigenvalue weighted by atomic mass is 19.4. The first kappa shape index (κ1) is 19.1. The molecule has 0 aliphatic carbocycles. The number of fused-ring (bicyclic) bond motifs is 1. The number of hydrogen-bond acceptors (Lipinski definition) is 5. The molecule has 1 aliphatic rings. The molecule has 152 valence electrons. The minimum Gasteiger partial charge on any atom is -0.326 e. The van der Waals surface area contributed by atoms with Crippen molar-refractivity contribution in [3.63, 3.8) is 0 Å². The fourth-order valence-corrected chi connectivity index (χ4v) is 3.38. The van der Waals surface area contributed by atoms with Gasteiger partial charge >= 0.3 is 6.18 Å². The van der Waals surface area contributed by atoms with E-state index in [2.05, 4.69) is 30.7 Å². The van der Waals surface area contributed by atoms with Crippen molar-refractivity contribution < 1.29 is 18.0 Å². The molecule has 3 heterocycles. The van der Waals surface area contributed by atoms with Crippen molar-refractivity contribution in [1.29, 1.82) is 0 Å². The number of carbonyl (C=O) groups is 1. The lowest BCUT2D eigenvalue weighted by molar-refractivity contribution is -0.137. The average molecular weight is 405 g/mol. The number of halogens is 3. The molecule has 1 atom stereocenters. The Hall–Kier alpha value is -3.24. The second kappa shape index (κ2) is 6.98. The number of nitrogens with one attached hydrogen (secondary N) is 2. The quantitative estimate of drug-likeness (QED) is 0.698. The molecule has 1 unspecified atom stereocenters. The van der Waals surface area contributed by atoms with Crippen LogP contribution in [0.2, 0.25) is 0 Å². The van der Waals surface area contributed by atoms with Crippen LogP contribution in [0.25, 0.3) is 11.4 Å². The normalized spacial score (nSPS) is 16.5. The smallest absolute Gasteiger partial charge is 0.326 e. The number of aryl methyl sites for hydroxylation is 3. The molecule has 1 amide bonds. The van der Waals surface area contributed by atoms with Crippen LogP contribution in [0.15, 0.2) is 18.2 Å². The predicted octanol–water partition coefficient (Wildman–Crippen LogP) is 2.90. The summed E-state index contributed by atoms with van der Waals surface area (Å²) in [5, 5.41) is 17.2. The highest BCUT2D eigenvalue weighted by molar-refractivity contribution is 5.93. The van der Waals surface area contributed by atoms with Gasteiger partial charge in [0.05, 0.1) is 11.5 Å². The summed E-state index contributed by atoms with van der Waals surface area (Å²) in [6.45, 7) is 3.84. The zero-order chi connectivity index (χ0) is 20.8. The van der Waals surface area contributed by atoms with Gasteiger partial charge in [-0.3, -0.25) is 9.89 Å². The van der Waals surface area contributed by atoms with Crippen molar-refractivity contribution in [3.05, 3.63) is 41.2 Å². The SMILES string of the molecule is Cc1nc(-c2cc(NC(=O)C3CCc4nnc(C)n4C3)cc(C(F)(F)F)c2)n[nH]1. The molecule has 8 nitrogen and oxygen atoms in total. The molecule has 29 heavy (non-hydrogen) atoms. The van der Waals surface area contributed by atoms with Crippen molar-refractivity contribution >= 4 is 11.6 Å². The van der Waals surface area contributed by atoms with Crippen LogP contribution < -0.4 is 5.32 Å². The van der Waals surface area contributed by atoms with Crippen molar-refractivity contribution in [2.24, 2.45) is 5.92 Å². The second-order valence-corrected chi connectivity index (χ2v) is 7.04. The Kier molecular flexibility index (Phi) is 4.59. The Balaban J connectivity index is 1.61. The zero-order valence-corrected chi connectivity index (χ0v) is 15.7. The molecule has 0 spiro atoms. The number of H-pyrrole nitrogens is 1. The van der Waals surface area contributed by atoms with Gasteiger partial charge in [-0.05, 0) is 38.5 Å². The first-order valence-corrected chi connectivity index (χ1v) is 9.02. The van der Waals surface area contributed by atoms with Crippen LogP contribution in [0.5, 0.6) is 0 Å². The maximum atomic E-state index is 13.4. The van der Waals surface area contributed by atoms with E-state index < -0.39 is 11.7 Å². The topological polar surface area (TPSA) is 101 Å². The highest BCUT2D eigenvalue weighted by Gasteiger charge is 2.32. The van der Waals surface area contributed by atoms with Gasteiger partial charge in [0.1, 0.15) is 17.5 Å². The average Bonchev–Trinajstić information content (AvgIpc) is 3.26. The summed E-state index contributed by atoms with van der Waals surface area (Å²) in [5.41, 5.74) is -0.665. The standard InChI is InChI=1S/C18H18F3N7O/c1-9-22-16(27-24-9)12-5-13(18(19,20)21)7-14(6-12)23-17(29)11-3-4-15-26-25-10(2)28(15)8-11/h5-7,11H,3-4,8H2,1-2H3,(H,23,29)(H,22,24,27). The summed E-state index contributed by atoms with van der Waals surface area (Å²) in [6.07, 6.45) is -3.43. The van der Waals surface area contributed by atoms with Crippen molar-refractivity contribution in [3.8, 4) is 11.4 Å². The third-order valence-electron chi connectivity index (χ3n) is 4.89. The van der Waals surface area contributed by atoms with Crippen LogP contribution in [-0.4, -0.2) is 35.9 Å². The minimum atomic E-state index is -4.57. The Morgan fingerprint density at radius 2 is 2.03 bits per heavy atom. The number of aromatic nitrogens is 6. The van der Waals surface area contributed by atoms with E-state index in [0.717, 1.165) is 18.0 Å². The van der Waals surface area contributed by atoms with Gasteiger partial charge in [-0.1, -0.05) is 0 Å². The minimum absolute atomic E-state index is 0.0496. The van der Waals surface area contributed by atoms with E-state index in [9.17, 15) is 18.0 Å². The largest absolute Gasteiger partial charge is 0.416 e. The first-order chi connectivity index (χ1) is 13.7. The molecule has 0 saturated heterocycles. The van der Waals surface area contributed by atoms with E-state index in [0.29, 0.717) is 31.0 Å². The van der Waals surface area contributed by atoms with Crippen LogP contribution in [0, 0.1) is 19.8 Å². The number of aromatic amines is 1. The second-order valence-electron chi connectivity index (χ2n) is 7.04. The lowest BCUT2D eigenvalue weighted by Crippen LogP contribution is -2.31. The molecule has 0 bridgehead atoms. The van der Waals surface area contributed by atoms with Crippen LogP contribution in [-0.2, 0) is 23.9 Å². The summed E-state index contributed by atoms with van der Waals surface area (Å²) in [5.74, 6) is 1.39. The summed E-state index contributed by atoms with van der Waals surface area (Å²) < 4.78 is 41.9. The molecule has 2 aromatic heterocycles. The molecule has 2 N–H and O–H groups in total. The summed E-state index contributed by atoms with van der Waals surface area (Å²) in [4.78, 5) is 16.8. The number of rotatable bonds is 3. The number of nitrogens with zero attached hydrogens (tertiary/aromatic N) is 5. The maximum Gasteiger partial charge on any atom is 0.416 e. The van der Waals surface area contributed by atoms with Gasteiger partial charge in [0.2, 0.25) is 5.91 Å². The van der Waals surface area contributed by atoms with E-state index in [1.807, 2.05) is 4.57 Å². The lowest BCUT2D eigenvalue weighted by atomic mass is 9.98. The van der Waals surface area contributed by atoms with Crippen molar-refractivity contribution in [1.82, 2.24) is 29.9 Å². The maximum absolute atomic E-state index is 13.4. The van der Waals surface area contributed by atoms with Gasteiger partial charge in [-0.2, -0.15) is 18.3 Å². The molecule has 1 aromatic carbocycles. The number of alkyl halides is 3. The summed E-state index contributed by atoms with van der Waals surface area (Å²) in [6, 6.07) is 3.32. The molecule has 1 aliphatic heterocycles. The van der Waals surface area contributed by atoms with E-state index in [1.165, 1.54) is 6.07 Å². The lowest BCUT2D eigenvalue weighted by Gasteiger charge is -2.23.